The number of carbonyl (C=O) groups excluding carboxylic acids is 1. The number of hydrogen-bond acceptors (Lipinski definition) is 2. The number of amides is 1. The van der Waals surface area contributed by atoms with E-state index in [1.54, 1.807) is 6.92 Å². The van der Waals surface area contributed by atoms with Gasteiger partial charge in [-0.2, -0.15) is 11.8 Å². The van der Waals surface area contributed by atoms with Gasteiger partial charge < -0.3 is 5.32 Å². The molecule has 0 spiro atoms. The van der Waals surface area contributed by atoms with Gasteiger partial charge >= 0.3 is 0 Å². The van der Waals surface area contributed by atoms with Gasteiger partial charge in [0.25, 0.3) is 0 Å². The van der Waals surface area contributed by atoms with E-state index in [2.05, 4.69) is 36.5 Å². The highest BCUT2D eigenvalue weighted by molar-refractivity contribution is 7.99. The van der Waals surface area contributed by atoms with Crippen molar-refractivity contribution in [2.24, 2.45) is 0 Å². The Bertz CT molecular complexity index is 410. The molecule has 0 bridgehead atoms. The van der Waals surface area contributed by atoms with Crippen molar-refractivity contribution in [2.75, 3.05) is 11.5 Å². The number of carbonyl (C=O) groups is 1. The van der Waals surface area contributed by atoms with Gasteiger partial charge in [0.2, 0.25) is 5.91 Å². The molecule has 0 radical (unpaired) electrons. The molecule has 1 aliphatic heterocycles. The molecular formula is C14H19NOS. The smallest absolute Gasteiger partial charge is 0.217 e. The van der Waals surface area contributed by atoms with Crippen molar-refractivity contribution >= 4 is 17.7 Å². The fourth-order valence-electron chi connectivity index (χ4n) is 2.49. The van der Waals surface area contributed by atoms with Crippen LogP contribution in [-0.4, -0.2) is 17.4 Å². The van der Waals surface area contributed by atoms with Gasteiger partial charge in [-0.3, -0.25) is 4.79 Å². The first kappa shape index (κ1) is 12.5. The van der Waals surface area contributed by atoms with Gasteiger partial charge in [-0.15, -0.1) is 0 Å². The van der Waals surface area contributed by atoms with Gasteiger partial charge in [0.15, 0.2) is 0 Å². The van der Waals surface area contributed by atoms with Crippen LogP contribution in [0.3, 0.4) is 0 Å². The first-order chi connectivity index (χ1) is 8.12. The van der Waals surface area contributed by atoms with Crippen molar-refractivity contribution in [1.29, 1.82) is 0 Å². The minimum Gasteiger partial charge on any atom is -0.347 e. The minimum absolute atomic E-state index is 0.0680. The Hall–Kier alpha value is -0.960. The van der Waals surface area contributed by atoms with E-state index in [9.17, 15) is 4.79 Å². The van der Waals surface area contributed by atoms with Crippen molar-refractivity contribution in [1.82, 2.24) is 5.32 Å². The number of rotatable bonds is 2. The Morgan fingerprint density at radius 2 is 2.06 bits per heavy atom. The molecule has 92 valence electrons. The molecule has 1 aliphatic rings. The van der Waals surface area contributed by atoms with Crippen LogP contribution in [0.2, 0.25) is 0 Å². The van der Waals surface area contributed by atoms with Crippen LogP contribution in [0, 0.1) is 6.92 Å². The van der Waals surface area contributed by atoms with Crippen LogP contribution in [0.25, 0.3) is 0 Å². The molecule has 2 rings (SSSR count). The average Bonchev–Trinajstić information content (AvgIpc) is 2.29. The normalized spacial score (nSPS) is 18.7. The van der Waals surface area contributed by atoms with Crippen molar-refractivity contribution in [2.45, 2.75) is 32.2 Å². The zero-order chi connectivity index (χ0) is 12.3. The molecule has 2 nitrogen and oxygen atoms in total. The van der Waals surface area contributed by atoms with Gasteiger partial charge in [0.1, 0.15) is 0 Å². The average molecular weight is 249 g/mol. The summed E-state index contributed by atoms with van der Waals surface area (Å²) < 4.78 is 0. The maximum atomic E-state index is 11.5. The van der Waals surface area contributed by atoms with Gasteiger partial charge in [-0.25, -0.2) is 0 Å². The van der Waals surface area contributed by atoms with Crippen LogP contribution >= 0.6 is 11.8 Å². The second-order valence-corrected chi connectivity index (χ2v) is 5.97. The lowest BCUT2D eigenvalue weighted by Gasteiger charge is -2.38. The Labute approximate surface area is 107 Å². The van der Waals surface area contributed by atoms with E-state index < -0.39 is 0 Å². The topological polar surface area (TPSA) is 29.1 Å². The standard InChI is InChI=1S/C14H19NOS/c1-11-4-3-5-13(10-11)14(15-12(2)16)6-8-17-9-7-14/h3-5,10H,6-9H2,1-2H3,(H,15,16). The molecule has 0 aromatic heterocycles. The predicted molar refractivity (Wildman–Crippen MR) is 73.2 cm³/mol. The van der Waals surface area contributed by atoms with Gasteiger partial charge in [0, 0.05) is 6.92 Å². The molecule has 3 heteroatoms. The lowest BCUT2D eigenvalue weighted by atomic mass is 9.83. The van der Waals surface area contributed by atoms with Gasteiger partial charge in [-0.05, 0) is 36.8 Å². The molecule has 1 fully saturated rings. The highest BCUT2D eigenvalue weighted by Gasteiger charge is 2.34. The molecule has 1 saturated heterocycles. The zero-order valence-corrected chi connectivity index (χ0v) is 11.3. The Morgan fingerprint density at radius 3 is 2.65 bits per heavy atom. The number of thioether (sulfide) groups is 1. The third-order valence-corrected chi connectivity index (χ3v) is 4.32. The van der Waals surface area contributed by atoms with E-state index in [-0.39, 0.29) is 11.4 Å². The molecule has 0 atom stereocenters. The minimum atomic E-state index is -0.136. The van der Waals surface area contributed by atoms with E-state index >= 15 is 0 Å². The van der Waals surface area contributed by atoms with Crippen LogP contribution in [0.4, 0.5) is 0 Å². The van der Waals surface area contributed by atoms with Crippen LogP contribution < -0.4 is 5.32 Å². The first-order valence-corrected chi connectivity index (χ1v) is 7.21. The highest BCUT2D eigenvalue weighted by atomic mass is 32.2. The zero-order valence-electron chi connectivity index (χ0n) is 10.5. The van der Waals surface area contributed by atoms with Crippen molar-refractivity contribution in [3.05, 3.63) is 35.4 Å². The van der Waals surface area contributed by atoms with Crippen LogP contribution in [0.15, 0.2) is 24.3 Å². The summed E-state index contributed by atoms with van der Waals surface area (Å²) in [7, 11) is 0. The molecule has 17 heavy (non-hydrogen) atoms. The third-order valence-electron chi connectivity index (χ3n) is 3.33. The van der Waals surface area contributed by atoms with E-state index in [0.717, 1.165) is 24.3 Å². The lowest BCUT2D eigenvalue weighted by molar-refractivity contribution is -0.121. The van der Waals surface area contributed by atoms with E-state index in [1.807, 2.05) is 11.8 Å². The van der Waals surface area contributed by atoms with Crippen molar-refractivity contribution in [3.63, 3.8) is 0 Å². The largest absolute Gasteiger partial charge is 0.347 e. The van der Waals surface area contributed by atoms with Crippen LogP contribution in [0.1, 0.15) is 30.9 Å². The summed E-state index contributed by atoms with van der Waals surface area (Å²) in [4.78, 5) is 11.5. The Kier molecular flexibility index (Phi) is 3.77. The number of aryl methyl sites for hydroxylation is 1. The van der Waals surface area contributed by atoms with Crippen LogP contribution in [0.5, 0.6) is 0 Å². The first-order valence-electron chi connectivity index (χ1n) is 6.06. The van der Waals surface area contributed by atoms with Gasteiger partial charge in [0.05, 0.1) is 5.54 Å². The second kappa shape index (κ2) is 5.13. The predicted octanol–water partition coefficient (Wildman–Crippen LogP) is 2.85. The molecular weight excluding hydrogens is 230 g/mol. The Morgan fingerprint density at radius 1 is 1.35 bits per heavy atom. The fourth-order valence-corrected chi connectivity index (χ4v) is 3.68. The monoisotopic (exact) mass is 249 g/mol. The van der Waals surface area contributed by atoms with Crippen molar-refractivity contribution < 1.29 is 4.79 Å². The number of nitrogens with one attached hydrogen (secondary N) is 1. The molecule has 1 heterocycles. The maximum absolute atomic E-state index is 11.5. The molecule has 1 aromatic carbocycles. The summed E-state index contributed by atoms with van der Waals surface area (Å²) in [6, 6.07) is 8.52. The molecule has 0 aliphatic carbocycles. The quantitative estimate of drug-likeness (QED) is 0.873. The van der Waals surface area contributed by atoms with E-state index in [4.69, 9.17) is 0 Å². The summed E-state index contributed by atoms with van der Waals surface area (Å²) in [6.45, 7) is 3.71. The molecule has 1 aromatic rings. The number of hydrogen-bond donors (Lipinski definition) is 1. The van der Waals surface area contributed by atoms with E-state index in [0.29, 0.717) is 0 Å². The van der Waals surface area contributed by atoms with E-state index in [1.165, 1.54) is 11.1 Å². The fraction of sp³-hybridized carbons (Fsp3) is 0.500. The maximum Gasteiger partial charge on any atom is 0.217 e. The molecule has 1 amide bonds. The summed E-state index contributed by atoms with van der Waals surface area (Å²) >= 11 is 1.97. The molecule has 0 saturated carbocycles. The Balaban J connectivity index is 2.35. The third kappa shape index (κ3) is 2.83. The van der Waals surface area contributed by atoms with Crippen LogP contribution in [-0.2, 0) is 10.3 Å². The SMILES string of the molecule is CC(=O)NC1(c2cccc(C)c2)CCSCC1. The molecule has 1 N–H and O–H groups in total. The molecule has 0 unspecified atom stereocenters. The summed E-state index contributed by atoms with van der Waals surface area (Å²) in [5.41, 5.74) is 2.38. The van der Waals surface area contributed by atoms with Gasteiger partial charge in [-0.1, -0.05) is 29.8 Å². The second-order valence-electron chi connectivity index (χ2n) is 4.75. The summed E-state index contributed by atoms with van der Waals surface area (Å²) in [6.07, 6.45) is 2.06. The highest BCUT2D eigenvalue weighted by Crippen LogP contribution is 2.36. The summed E-state index contributed by atoms with van der Waals surface area (Å²) in [5.74, 6) is 2.31. The number of benzene rings is 1. The summed E-state index contributed by atoms with van der Waals surface area (Å²) in [5, 5.41) is 3.19. The van der Waals surface area contributed by atoms with Crippen molar-refractivity contribution in [3.8, 4) is 0 Å². The lowest BCUT2D eigenvalue weighted by Crippen LogP contribution is -2.47.